The molecule has 1 amide bonds. The van der Waals surface area contributed by atoms with Gasteiger partial charge in [-0.05, 0) is 30.7 Å². The van der Waals surface area contributed by atoms with Gasteiger partial charge in [0.1, 0.15) is 19.0 Å². The molecule has 3 rings (SSSR count). The van der Waals surface area contributed by atoms with E-state index in [-0.39, 0.29) is 5.91 Å². The van der Waals surface area contributed by atoms with Gasteiger partial charge in [-0.2, -0.15) is 0 Å². The smallest absolute Gasteiger partial charge is 0.255 e. The molecule has 1 aliphatic heterocycles. The zero-order valence-corrected chi connectivity index (χ0v) is 16.8. The number of carbonyl (C=O) groups excluding carboxylic acids is 1. The van der Waals surface area contributed by atoms with Gasteiger partial charge >= 0.3 is 0 Å². The highest BCUT2D eigenvalue weighted by Crippen LogP contribution is 2.33. The number of nitrogens with zero attached hydrogens (tertiary/aromatic N) is 3. The zero-order valence-electron chi connectivity index (χ0n) is 16.0. The lowest BCUT2D eigenvalue weighted by atomic mass is 10.1. The summed E-state index contributed by atoms with van der Waals surface area (Å²) in [5, 5.41) is 12.5. The van der Waals surface area contributed by atoms with E-state index in [0.29, 0.717) is 42.7 Å². The van der Waals surface area contributed by atoms with E-state index in [4.69, 9.17) is 9.47 Å². The molecule has 2 heterocycles. The van der Waals surface area contributed by atoms with Crippen LogP contribution in [0, 0.1) is 5.92 Å². The van der Waals surface area contributed by atoms with E-state index >= 15 is 0 Å². The van der Waals surface area contributed by atoms with Gasteiger partial charge in [0.2, 0.25) is 0 Å². The van der Waals surface area contributed by atoms with Crippen LogP contribution in [0.3, 0.4) is 0 Å². The Hall–Kier alpha value is -2.22. The van der Waals surface area contributed by atoms with E-state index in [1.807, 2.05) is 12.3 Å². The first-order chi connectivity index (χ1) is 13.1. The summed E-state index contributed by atoms with van der Waals surface area (Å²) in [6.45, 7) is 6.79. The Labute approximate surface area is 163 Å². The summed E-state index contributed by atoms with van der Waals surface area (Å²) in [4.78, 5) is 12.5. The fourth-order valence-corrected chi connectivity index (χ4v) is 3.52. The molecule has 1 aromatic heterocycles. The number of fused-ring (bicyclic) bond motifs is 1. The molecule has 2 aromatic rings. The zero-order chi connectivity index (χ0) is 19.2. The minimum absolute atomic E-state index is 0.147. The van der Waals surface area contributed by atoms with E-state index in [1.165, 1.54) is 0 Å². The fourth-order valence-electron chi connectivity index (χ4n) is 3.00. The van der Waals surface area contributed by atoms with E-state index in [2.05, 4.69) is 33.9 Å². The Morgan fingerprint density at radius 1 is 1.30 bits per heavy atom. The number of amides is 1. The molecule has 27 heavy (non-hydrogen) atoms. The predicted octanol–water partition coefficient (Wildman–Crippen LogP) is 2.79. The molecule has 1 aliphatic rings. The minimum Gasteiger partial charge on any atom is -0.486 e. The molecule has 0 saturated heterocycles. The SMILES string of the molecule is CSc1nnc(CCCNC(=O)c2cccc3c2OCCO3)n1CC(C)C. The number of carbonyl (C=O) groups is 1. The number of aryl methyl sites for hydroxylation is 1. The first kappa shape index (κ1) is 19.5. The predicted molar refractivity (Wildman–Crippen MR) is 105 cm³/mol. The number of rotatable bonds is 8. The Balaban J connectivity index is 1.55. The molecule has 8 heteroatoms. The van der Waals surface area contributed by atoms with Gasteiger partial charge in [0.25, 0.3) is 5.91 Å². The van der Waals surface area contributed by atoms with E-state index < -0.39 is 0 Å². The third kappa shape index (κ3) is 4.74. The lowest BCUT2D eigenvalue weighted by Crippen LogP contribution is -2.27. The average Bonchev–Trinajstić information content (AvgIpc) is 3.05. The number of para-hydroxylation sites is 1. The number of thioether (sulfide) groups is 1. The molecule has 0 fully saturated rings. The maximum Gasteiger partial charge on any atom is 0.255 e. The van der Waals surface area contributed by atoms with Gasteiger partial charge in [-0.3, -0.25) is 4.79 Å². The van der Waals surface area contributed by atoms with Crippen LogP contribution in [0.1, 0.15) is 36.5 Å². The van der Waals surface area contributed by atoms with Crippen molar-refractivity contribution in [3.63, 3.8) is 0 Å². The summed E-state index contributed by atoms with van der Waals surface area (Å²) in [5.74, 6) is 2.50. The molecule has 0 saturated carbocycles. The molecule has 0 spiro atoms. The second-order valence-electron chi connectivity index (χ2n) is 6.80. The monoisotopic (exact) mass is 390 g/mol. The normalized spacial score (nSPS) is 13.0. The highest BCUT2D eigenvalue weighted by Gasteiger charge is 2.20. The van der Waals surface area contributed by atoms with Crippen LogP contribution in [-0.2, 0) is 13.0 Å². The standard InChI is InChI=1S/C19H26N4O3S/c1-13(2)12-23-16(21-22-19(23)27-3)8-5-9-20-18(24)14-6-4-7-15-17(14)26-11-10-25-15/h4,6-7,13H,5,8-12H2,1-3H3,(H,20,24). The molecule has 0 unspecified atom stereocenters. The summed E-state index contributed by atoms with van der Waals surface area (Å²) in [6, 6.07) is 5.38. The van der Waals surface area contributed by atoms with Gasteiger partial charge < -0.3 is 19.4 Å². The lowest BCUT2D eigenvalue weighted by Gasteiger charge is -2.20. The Morgan fingerprint density at radius 2 is 2.11 bits per heavy atom. The number of aromatic nitrogens is 3. The van der Waals surface area contributed by atoms with E-state index in [0.717, 1.165) is 30.4 Å². The first-order valence-corrected chi connectivity index (χ1v) is 10.5. The number of benzene rings is 1. The third-order valence-corrected chi connectivity index (χ3v) is 4.86. The van der Waals surface area contributed by atoms with Crippen LogP contribution >= 0.6 is 11.8 Å². The van der Waals surface area contributed by atoms with Crippen LogP contribution in [-0.4, -0.2) is 46.7 Å². The maximum atomic E-state index is 12.5. The fraction of sp³-hybridized carbons (Fsp3) is 0.526. The Morgan fingerprint density at radius 3 is 2.89 bits per heavy atom. The van der Waals surface area contributed by atoms with Crippen LogP contribution < -0.4 is 14.8 Å². The number of nitrogens with one attached hydrogen (secondary N) is 1. The summed E-state index contributed by atoms with van der Waals surface area (Å²) in [7, 11) is 0. The minimum atomic E-state index is -0.147. The first-order valence-electron chi connectivity index (χ1n) is 9.23. The third-order valence-electron chi connectivity index (χ3n) is 4.20. The molecule has 1 aromatic carbocycles. The molecule has 1 N–H and O–H groups in total. The van der Waals surface area contributed by atoms with Gasteiger partial charge in [-0.15, -0.1) is 10.2 Å². The molecular formula is C19H26N4O3S. The van der Waals surface area contributed by atoms with Crippen molar-refractivity contribution in [3.8, 4) is 11.5 Å². The second kappa shape index (κ2) is 9.12. The van der Waals surface area contributed by atoms with Crippen molar-refractivity contribution < 1.29 is 14.3 Å². The van der Waals surface area contributed by atoms with Crippen LogP contribution in [0.5, 0.6) is 11.5 Å². The lowest BCUT2D eigenvalue weighted by molar-refractivity contribution is 0.0942. The highest BCUT2D eigenvalue weighted by atomic mass is 32.2. The summed E-state index contributed by atoms with van der Waals surface area (Å²) < 4.78 is 13.3. The second-order valence-corrected chi connectivity index (χ2v) is 7.57. The molecule has 0 bridgehead atoms. The van der Waals surface area contributed by atoms with Crippen molar-refractivity contribution in [1.29, 1.82) is 0 Å². The molecule has 0 atom stereocenters. The van der Waals surface area contributed by atoms with Crippen molar-refractivity contribution in [1.82, 2.24) is 20.1 Å². The van der Waals surface area contributed by atoms with Crippen LogP contribution in [0.15, 0.2) is 23.4 Å². The molecule has 0 radical (unpaired) electrons. The van der Waals surface area contributed by atoms with Gasteiger partial charge in [-0.25, -0.2) is 0 Å². The van der Waals surface area contributed by atoms with Crippen LogP contribution in [0.25, 0.3) is 0 Å². The van der Waals surface area contributed by atoms with E-state index in [1.54, 1.807) is 23.9 Å². The van der Waals surface area contributed by atoms with Crippen molar-refractivity contribution in [2.24, 2.45) is 5.92 Å². The quantitative estimate of drug-likeness (QED) is 0.552. The van der Waals surface area contributed by atoms with Gasteiger partial charge in [-0.1, -0.05) is 31.7 Å². The van der Waals surface area contributed by atoms with Crippen molar-refractivity contribution in [2.75, 3.05) is 26.0 Å². The van der Waals surface area contributed by atoms with Crippen molar-refractivity contribution in [3.05, 3.63) is 29.6 Å². The number of ether oxygens (including phenoxy) is 2. The largest absolute Gasteiger partial charge is 0.486 e. The molecule has 146 valence electrons. The number of hydrogen-bond acceptors (Lipinski definition) is 6. The molecule has 7 nitrogen and oxygen atoms in total. The van der Waals surface area contributed by atoms with Gasteiger partial charge in [0, 0.05) is 19.5 Å². The van der Waals surface area contributed by atoms with Crippen molar-refractivity contribution >= 4 is 17.7 Å². The van der Waals surface area contributed by atoms with Gasteiger partial charge in [0.05, 0.1) is 5.56 Å². The molecular weight excluding hydrogens is 364 g/mol. The summed E-state index contributed by atoms with van der Waals surface area (Å²) in [5.41, 5.74) is 0.514. The topological polar surface area (TPSA) is 78.3 Å². The van der Waals surface area contributed by atoms with Crippen LogP contribution in [0.4, 0.5) is 0 Å². The van der Waals surface area contributed by atoms with Crippen LogP contribution in [0.2, 0.25) is 0 Å². The Kier molecular flexibility index (Phi) is 6.60. The van der Waals surface area contributed by atoms with Gasteiger partial charge in [0.15, 0.2) is 16.7 Å². The summed E-state index contributed by atoms with van der Waals surface area (Å²) in [6.07, 6.45) is 3.58. The maximum absolute atomic E-state index is 12.5. The number of hydrogen-bond donors (Lipinski definition) is 1. The summed E-state index contributed by atoms with van der Waals surface area (Å²) >= 11 is 1.61. The Bertz CT molecular complexity index is 791. The molecule has 0 aliphatic carbocycles. The van der Waals surface area contributed by atoms with Crippen molar-refractivity contribution in [2.45, 2.75) is 38.4 Å². The average molecular weight is 391 g/mol. The highest BCUT2D eigenvalue weighted by molar-refractivity contribution is 7.98. The van der Waals surface area contributed by atoms with E-state index in [9.17, 15) is 4.79 Å².